The Kier molecular flexibility index (Phi) is 13.3. The van der Waals surface area contributed by atoms with Crippen molar-refractivity contribution in [1.82, 2.24) is 0 Å². The molecule has 7 unspecified atom stereocenters. The SMILES string of the molecule is CC(=O)O[C@@H]1[C@@H](O)[C@H](O[C@H]2C[C@@H](C)COC23OC2CC4C5CC=C6C[C@@H](O[C@@H]7O[C@H](CO)[C@@H](O[C@@H]8O[C@@H](C)[C@H](O)[C@@H](O)[C@H]8O)[C@H](O)[C@H]7O)CC[C@]6(C)C5CC[C@]4(C)C2C3C)OC[C@@H]1O. The Morgan fingerprint density at radius 3 is 2.27 bits per heavy atom. The number of carbonyl (C=O) groups excluding carboxylic acids is 1. The van der Waals surface area contributed by atoms with E-state index in [9.17, 15) is 45.6 Å². The largest absolute Gasteiger partial charge is 0.457 e. The molecule has 5 heterocycles. The van der Waals surface area contributed by atoms with Crippen molar-refractivity contribution in [2.45, 2.75) is 203 Å². The molecule has 18 heteroatoms. The van der Waals surface area contributed by atoms with Crippen molar-refractivity contribution in [2.75, 3.05) is 19.8 Å². The normalized spacial score (nSPS) is 56.1. The summed E-state index contributed by atoms with van der Waals surface area (Å²) < 4.78 is 55.3. The van der Waals surface area contributed by atoms with Crippen LogP contribution in [0.15, 0.2) is 11.6 Å². The van der Waals surface area contributed by atoms with Crippen LogP contribution >= 0.6 is 0 Å². The summed E-state index contributed by atoms with van der Waals surface area (Å²) in [6, 6.07) is 0. The molecule has 0 radical (unpaired) electrons. The number of aliphatic hydroxyl groups is 8. The quantitative estimate of drug-likeness (QED) is 0.121. The standard InChI is InChI=1S/C46H72O18/c1-19-13-31(62-41-38(55)39(59-22(4)48)28(49)18-56-41)46(57-17-19)20(2)32-29(64-46)15-27-25-8-7-23-14-24(9-11-44(23,5)26(25)10-12-45(27,32)6)60-43-37(54)35(52)40(30(16-47)61-43)63-42-36(53)34(51)33(50)21(3)58-42/h7,19-21,24-43,47,49-55H,8-18H2,1-6H3/t19-,20?,21+,24+,25?,26?,27?,28+,29?,30-,31+,32?,33+,34-,35-,36-,37-,38-,39+,40-,41+,42+,43-,44+,45+,46?/m1/s1. The fraction of sp³-hybridized carbons (Fsp3) is 0.935. The van der Waals surface area contributed by atoms with E-state index in [4.69, 9.17) is 42.6 Å². The Hall–Kier alpha value is -1.43. The summed E-state index contributed by atoms with van der Waals surface area (Å²) in [7, 11) is 0. The van der Waals surface area contributed by atoms with Gasteiger partial charge in [0.1, 0.15) is 61.0 Å². The molecule has 8 fully saturated rings. The van der Waals surface area contributed by atoms with Gasteiger partial charge >= 0.3 is 5.97 Å². The lowest BCUT2D eigenvalue weighted by Gasteiger charge is -2.59. The minimum absolute atomic E-state index is 0.0141. The van der Waals surface area contributed by atoms with Gasteiger partial charge in [-0.25, -0.2) is 0 Å². The van der Waals surface area contributed by atoms with Crippen molar-refractivity contribution < 1.29 is 88.3 Å². The van der Waals surface area contributed by atoms with Gasteiger partial charge in [-0.2, -0.15) is 0 Å². The lowest BCUT2D eigenvalue weighted by atomic mass is 9.47. The summed E-state index contributed by atoms with van der Waals surface area (Å²) >= 11 is 0. The molecule has 9 aliphatic rings. The Labute approximate surface area is 374 Å². The summed E-state index contributed by atoms with van der Waals surface area (Å²) in [5.41, 5.74) is 1.27. The molecule has 1 spiro atoms. The van der Waals surface area contributed by atoms with Crippen LogP contribution in [0.2, 0.25) is 0 Å². The molecule has 5 aliphatic heterocycles. The molecule has 0 aromatic rings. The fourth-order valence-corrected chi connectivity index (χ4v) is 14.2. The Balaban J connectivity index is 0.851. The lowest BCUT2D eigenvalue weighted by molar-refractivity contribution is -0.366. The molecule has 9 rings (SSSR count). The van der Waals surface area contributed by atoms with Crippen LogP contribution in [0.5, 0.6) is 0 Å². The molecule has 3 saturated carbocycles. The number of carbonyl (C=O) groups is 1. The van der Waals surface area contributed by atoms with E-state index in [1.807, 2.05) is 0 Å². The van der Waals surface area contributed by atoms with E-state index < -0.39 is 110 Å². The highest BCUT2D eigenvalue weighted by atomic mass is 16.8. The van der Waals surface area contributed by atoms with E-state index in [0.29, 0.717) is 43.6 Å². The average molecular weight is 913 g/mol. The molecule has 0 aromatic carbocycles. The first-order valence-corrected chi connectivity index (χ1v) is 23.8. The molecular weight excluding hydrogens is 840 g/mol. The van der Waals surface area contributed by atoms with Crippen LogP contribution in [0.1, 0.15) is 92.9 Å². The predicted octanol–water partition coefficient (Wildman–Crippen LogP) is 0.395. The molecule has 0 amide bonds. The van der Waals surface area contributed by atoms with Crippen molar-refractivity contribution in [3.05, 3.63) is 11.6 Å². The number of rotatable bonds is 8. The zero-order chi connectivity index (χ0) is 45.8. The van der Waals surface area contributed by atoms with Crippen molar-refractivity contribution in [3.8, 4) is 0 Å². The van der Waals surface area contributed by atoms with Gasteiger partial charge in [0.25, 0.3) is 0 Å². The highest BCUT2D eigenvalue weighted by Crippen LogP contribution is 2.71. The van der Waals surface area contributed by atoms with Crippen LogP contribution in [-0.4, -0.2) is 177 Å². The number of esters is 1. The molecule has 0 bridgehead atoms. The van der Waals surface area contributed by atoms with E-state index in [2.05, 4.69) is 33.8 Å². The third-order valence-corrected chi connectivity index (χ3v) is 17.6. The fourth-order valence-electron chi connectivity index (χ4n) is 14.2. The molecule has 0 aromatic heterocycles. The summed E-state index contributed by atoms with van der Waals surface area (Å²) in [5.74, 6) is 0.0126. The molecule has 18 nitrogen and oxygen atoms in total. The summed E-state index contributed by atoms with van der Waals surface area (Å²) in [4.78, 5) is 11.8. The van der Waals surface area contributed by atoms with Crippen LogP contribution in [0.4, 0.5) is 0 Å². The van der Waals surface area contributed by atoms with Crippen LogP contribution in [0.3, 0.4) is 0 Å². The minimum Gasteiger partial charge on any atom is -0.457 e. The van der Waals surface area contributed by atoms with Crippen molar-refractivity contribution >= 4 is 5.97 Å². The number of hydrogen-bond acceptors (Lipinski definition) is 18. The van der Waals surface area contributed by atoms with Gasteiger partial charge < -0.3 is 83.5 Å². The first-order chi connectivity index (χ1) is 30.3. The number of hydrogen-bond donors (Lipinski definition) is 8. The molecule has 4 aliphatic carbocycles. The Morgan fingerprint density at radius 1 is 0.797 bits per heavy atom. The van der Waals surface area contributed by atoms with Crippen LogP contribution in [0.25, 0.3) is 0 Å². The second kappa shape index (κ2) is 17.8. The number of allylic oxidation sites excluding steroid dienone is 1. The highest BCUT2D eigenvalue weighted by Gasteiger charge is 2.71. The van der Waals surface area contributed by atoms with Gasteiger partial charge in [0.15, 0.2) is 30.8 Å². The maximum Gasteiger partial charge on any atom is 0.303 e. The van der Waals surface area contributed by atoms with E-state index in [1.165, 1.54) is 19.4 Å². The Bertz CT molecular complexity index is 1720. The van der Waals surface area contributed by atoms with Gasteiger partial charge in [-0.15, -0.1) is 0 Å². The first kappa shape index (κ1) is 47.6. The zero-order valence-corrected chi connectivity index (χ0v) is 37.8. The number of ether oxygens (including phenoxy) is 9. The number of fused-ring (bicyclic) bond motifs is 7. The first-order valence-electron chi connectivity index (χ1n) is 23.8. The van der Waals surface area contributed by atoms with E-state index in [1.54, 1.807) is 0 Å². The van der Waals surface area contributed by atoms with E-state index in [0.717, 1.165) is 32.1 Å². The monoisotopic (exact) mass is 912 g/mol. The molecule has 64 heavy (non-hydrogen) atoms. The summed E-state index contributed by atoms with van der Waals surface area (Å²) in [6.07, 6.45) is -10.4. The molecule has 26 atom stereocenters. The van der Waals surface area contributed by atoms with Gasteiger partial charge in [-0.1, -0.05) is 39.3 Å². The third-order valence-electron chi connectivity index (χ3n) is 17.6. The summed E-state index contributed by atoms with van der Waals surface area (Å²) in [6.45, 7) is 11.6. The minimum atomic E-state index is -1.64. The molecule has 364 valence electrons. The van der Waals surface area contributed by atoms with Gasteiger partial charge in [0.05, 0.1) is 38.1 Å². The van der Waals surface area contributed by atoms with Gasteiger partial charge in [0, 0.05) is 12.8 Å². The van der Waals surface area contributed by atoms with E-state index in [-0.39, 0.29) is 47.4 Å². The van der Waals surface area contributed by atoms with E-state index >= 15 is 0 Å². The second-order valence-electron chi connectivity index (χ2n) is 21.3. The molecule has 8 N–H and O–H groups in total. The van der Waals surface area contributed by atoms with Crippen molar-refractivity contribution in [3.63, 3.8) is 0 Å². The van der Waals surface area contributed by atoms with Crippen LogP contribution in [0, 0.1) is 46.3 Å². The zero-order valence-electron chi connectivity index (χ0n) is 37.8. The predicted molar refractivity (Wildman–Crippen MR) is 219 cm³/mol. The van der Waals surface area contributed by atoms with Crippen LogP contribution < -0.4 is 0 Å². The maximum absolute atomic E-state index is 11.8. The van der Waals surface area contributed by atoms with Gasteiger partial charge in [-0.05, 0) is 98.7 Å². The highest BCUT2D eigenvalue weighted by molar-refractivity contribution is 5.66. The lowest BCUT2D eigenvalue weighted by Crippen LogP contribution is -2.64. The van der Waals surface area contributed by atoms with Crippen molar-refractivity contribution in [2.24, 2.45) is 46.3 Å². The van der Waals surface area contributed by atoms with Gasteiger partial charge in [-0.3, -0.25) is 4.79 Å². The van der Waals surface area contributed by atoms with Crippen LogP contribution in [-0.2, 0) is 47.4 Å². The average Bonchev–Trinajstić information content (AvgIpc) is 3.71. The molecular formula is C46H72O18. The number of aliphatic hydroxyl groups excluding tert-OH is 8. The van der Waals surface area contributed by atoms with Crippen molar-refractivity contribution in [1.29, 1.82) is 0 Å². The third kappa shape index (κ3) is 7.84. The topological polar surface area (TPSA) is 262 Å². The van der Waals surface area contributed by atoms with Gasteiger partial charge in [0.2, 0.25) is 0 Å². The summed E-state index contributed by atoms with van der Waals surface area (Å²) in [5, 5.41) is 85.2. The molecule has 5 saturated heterocycles. The smallest absolute Gasteiger partial charge is 0.303 e. The second-order valence-corrected chi connectivity index (χ2v) is 21.3. The maximum atomic E-state index is 11.8. The Morgan fingerprint density at radius 2 is 1.53 bits per heavy atom.